The molecular formula is C31H34FN3O4. The van der Waals surface area contributed by atoms with Crippen LogP contribution >= 0.6 is 0 Å². The molecule has 0 saturated carbocycles. The molecule has 0 fully saturated rings. The van der Waals surface area contributed by atoms with Gasteiger partial charge in [0.05, 0.1) is 6.61 Å². The number of nitrogens with zero attached hydrogens (tertiary/aromatic N) is 1. The highest BCUT2D eigenvalue weighted by Crippen LogP contribution is 2.33. The van der Waals surface area contributed by atoms with Crippen LogP contribution in [-0.2, 0) is 16.0 Å². The summed E-state index contributed by atoms with van der Waals surface area (Å²) in [5.41, 5.74) is 7.34. The lowest BCUT2D eigenvalue weighted by molar-refractivity contribution is -0.129. The minimum Gasteiger partial charge on any atom is -0.494 e. The Labute approximate surface area is 228 Å². The van der Waals surface area contributed by atoms with Crippen molar-refractivity contribution in [2.45, 2.75) is 37.8 Å². The van der Waals surface area contributed by atoms with Gasteiger partial charge in [0, 0.05) is 31.6 Å². The lowest BCUT2D eigenvalue weighted by Gasteiger charge is -2.27. The number of hydrogen-bond acceptors (Lipinski definition) is 6. The zero-order valence-electron chi connectivity index (χ0n) is 22.0. The topological polar surface area (TPSA) is 92.2 Å². The molecule has 1 aliphatic heterocycles. The molecule has 0 aromatic heterocycles. The molecule has 3 aromatic carbocycles. The molecule has 1 amide bonds. The number of benzene rings is 3. The van der Waals surface area contributed by atoms with Gasteiger partial charge in [0.2, 0.25) is 5.90 Å². The Hall–Kier alpha value is -4.01. The second-order valence-electron chi connectivity index (χ2n) is 9.33. The Morgan fingerprint density at radius 2 is 1.85 bits per heavy atom. The Morgan fingerprint density at radius 1 is 1.10 bits per heavy atom. The van der Waals surface area contributed by atoms with Crippen LogP contribution in [0.15, 0.2) is 89.9 Å². The summed E-state index contributed by atoms with van der Waals surface area (Å²) in [4.78, 5) is 18.4. The summed E-state index contributed by atoms with van der Waals surface area (Å²) in [5, 5.41) is 8.94. The lowest BCUT2D eigenvalue weighted by atomic mass is 9.89. The lowest BCUT2D eigenvalue weighted by Crippen LogP contribution is -2.54. The zero-order valence-corrected chi connectivity index (χ0v) is 22.0. The third kappa shape index (κ3) is 7.52. The summed E-state index contributed by atoms with van der Waals surface area (Å²) >= 11 is 0. The minimum atomic E-state index is -1.18. The minimum absolute atomic E-state index is 0.0740. The summed E-state index contributed by atoms with van der Waals surface area (Å²) in [6, 6.07) is 23.5. The molecule has 7 nitrogen and oxygen atoms in total. The number of halogens is 1. The molecule has 4 rings (SSSR count). The first kappa shape index (κ1) is 28.0. The summed E-state index contributed by atoms with van der Waals surface area (Å²) in [5.74, 6) is 0.488. The largest absolute Gasteiger partial charge is 0.494 e. The van der Waals surface area contributed by atoms with Crippen LogP contribution in [0.3, 0.4) is 0 Å². The molecule has 1 heterocycles. The van der Waals surface area contributed by atoms with E-state index in [0.29, 0.717) is 44.1 Å². The number of aliphatic hydroxyl groups is 1. The van der Waals surface area contributed by atoms with E-state index in [4.69, 9.17) is 19.6 Å². The Morgan fingerprint density at radius 3 is 2.56 bits per heavy atom. The number of nitrogens with one attached hydrogen (secondary N) is 2. The number of hydrazine groups is 1. The van der Waals surface area contributed by atoms with Gasteiger partial charge in [-0.15, -0.1) is 0 Å². The van der Waals surface area contributed by atoms with Crippen molar-refractivity contribution < 1.29 is 23.8 Å². The van der Waals surface area contributed by atoms with Crippen LogP contribution in [0.2, 0.25) is 0 Å². The van der Waals surface area contributed by atoms with E-state index in [0.717, 1.165) is 16.7 Å². The molecule has 3 N–H and O–H groups in total. The number of carbonyl (C=O) groups is 1. The van der Waals surface area contributed by atoms with Crippen molar-refractivity contribution in [3.63, 3.8) is 0 Å². The zero-order chi connectivity index (χ0) is 27.5. The van der Waals surface area contributed by atoms with Gasteiger partial charge >= 0.3 is 0 Å². The summed E-state index contributed by atoms with van der Waals surface area (Å²) in [6.07, 6.45) is 4.90. The van der Waals surface area contributed by atoms with Gasteiger partial charge in [0.15, 0.2) is 5.54 Å². The molecule has 0 bridgehead atoms. The quantitative estimate of drug-likeness (QED) is 0.224. The summed E-state index contributed by atoms with van der Waals surface area (Å²) in [6.45, 7) is 2.81. The fourth-order valence-electron chi connectivity index (χ4n) is 4.23. The van der Waals surface area contributed by atoms with Gasteiger partial charge < -0.3 is 14.6 Å². The summed E-state index contributed by atoms with van der Waals surface area (Å²) in [7, 11) is 0. The predicted molar refractivity (Wildman–Crippen MR) is 150 cm³/mol. The molecule has 1 aliphatic rings. The van der Waals surface area contributed by atoms with Gasteiger partial charge in [-0.25, -0.2) is 14.8 Å². The van der Waals surface area contributed by atoms with Gasteiger partial charge in [-0.1, -0.05) is 54.6 Å². The van der Waals surface area contributed by atoms with Crippen LogP contribution in [0, 0.1) is 5.82 Å². The molecule has 0 spiro atoms. The Kier molecular flexibility index (Phi) is 9.83. The van der Waals surface area contributed by atoms with E-state index in [2.05, 4.69) is 10.9 Å². The fraction of sp³-hybridized carbons (Fsp3) is 0.290. The first-order chi connectivity index (χ1) is 19.0. The molecule has 39 heavy (non-hydrogen) atoms. The summed E-state index contributed by atoms with van der Waals surface area (Å²) < 4.78 is 24.9. The number of rotatable bonds is 13. The first-order valence-corrected chi connectivity index (χ1v) is 13.1. The smallest absolute Gasteiger partial charge is 0.266 e. The molecule has 0 saturated heterocycles. The third-order valence-corrected chi connectivity index (χ3v) is 6.52. The van der Waals surface area contributed by atoms with Gasteiger partial charge in [-0.3, -0.25) is 10.2 Å². The fourth-order valence-corrected chi connectivity index (χ4v) is 4.23. The van der Waals surface area contributed by atoms with Crippen LogP contribution in [0.1, 0.15) is 36.5 Å². The van der Waals surface area contributed by atoms with Crippen molar-refractivity contribution in [2.75, 3.05) is 19.8 Å². The van der Waals surface area contributed by atoms with Crippen molar-refractivity contribution >= 4 is 17.9 Å². The number of hydrogen-bond donors (Lipinski definition) is 3. The standard InChI is InChI=1S/C31H34FN3O4/c1-23-31(19-5-9-24-7-3-2-4-8-24,30(37)35-33-20-18-25-10-14-27(32)15-11-25)34-29(39-23)26-12-16-28(17-13-26)38-22-6-21-36/h2-5,7-17,23,33,36H,6,18-22H2,1H3,(H,35,37)/b9-5+/t23-,31-/m0/s1. The van der Waals surface area contributed by atoms with Crippen LogP contribution in [0.4, 0.5) is 4.39 Å². The highest BCUT2D eigenvalue weighted by molar-refractivity contribution is 6.00. The SMILES string of the molecule is C[C@@H]1OC(c2ccc(OCCCO)cc2)=N[C@]1(C/C=C/c1ccccc1)C(=O)NNCCc1ccc(F)cc1. The van der Waals surface area contributed by atoms with E-state index in [9.17, 15) is 9.18 Å². The Balaban J connectivity index is 1.48. The molecule has 0 unspecified atom stereocenters. The van der Waals surface area contributed by atoms with Crippen molar-refractivity contribution in [1.82, 2.24) is 10.9 Å². The van der Waals surface area contributed by atoms with Crippen LogP contribution in [0.25, 0.3) is 6.08 Å². The molecule has 2 atom stereocenters. The third-order valence-electron chi connectivity index (χ3n) is 6.52. The van der Waals surface area contributed by atoms with E-state index < -0.39 is 11.6 Å². The van der Waals surface area contributed by atoms with Gasteiger partial charge in [0.25, 0.3) is 5.91 Å². The van der Waals surface area contributed by atoms with Crippen molar-refractivity contribution in [1.29, 1.82) is 0 Å². The predicted octanol–water partition coefficient (Wildman–Crippen LogP) is 4.46. The van der Waals surface area contributed by atoms with Crippen molar-refractivity contribution in [3.8, 4) is 5.75 Å². The molecule has 204 valence electrons. The van der Waals surface area contributed by atoms with Crippen molar-refractivity contribution in [2.24, 2.45) is 4.99 Å². The average molecular weight is 532 g/mol. The molecule has 0 aliphatic carbocycles. The van der Waals surface area contributed by atoms with E-state index in [1.54, 1.807) is 12.1 Å². The van der Waals surface area contributed by atoms with Gasteiger partial charge in [0.1, 0.15) is 17.7 Å². The number of aliphatic hydroxyl groups excluding tert-OH is 1. The number of aliphatic imine (C=N–C) groups is 1. The monoisotopic (exact) mass is 531 g/mol. The molecule has 0 radical (unpaired) electrons. The maximum absolute atomic E-state index is 13.6. The van der Waals surface area contributed by atoms with Crippen LogP contribution in [-0.4, -0.2) is 48.3 Å². The number of ether oxygens (including phenoxy) is 2. The van der Waals surface area contributed by atoms with Crippen LogP contribution in [0.5, 0.6) is 5.75 Å². The molecule has 3 aromatic rings. The Bertz CT molecular complexity index is 1260. The van der Waals surface area contributed by atoms with E-state index in [1.807, 2.05) is 73.7 Å². The first-order valence-electron chi connectivity index (χ1n) is 13.1. The molecular weight excluding hydrogens is 497 g/mol. The van der Waals surface area contributed by atoms with Gasteiger partial charge in [-0.05, 0) is 60.9 Å². The normalized spacial score (nSPS) is 18.5. The average Bonchev–Trinajstić information content (AvgIpc) is 3.30. The number of amides is 1. The van der Waals surface area contributed by atoms with Crippen LogP contribution < -0.4 is 15.6 Å². The second kappa shape index (κ2) is 13.7. The van der Waals surface area contributed by atoms with E-state index in [-0.39, 0.29) is 18.3 Å². The maximum atomic E-state index is 13.6. The maximum Gasteiger partial charge on any atom is 0.266 e. The van der Waals surface area contributed by atoms with E-state index >= 15 is 0 Å². The highest BCUT2D eigenvalue weighted by atomic mass is 19.1. The molecule has 8 heteroatoms. The van der Waals surface area contributed by atoms with Gasteiger partial charge in [-0.2, -0.15) is 0 Å². The van der Waals surface area contributed by atoms with Crippen molar-refractivity contribution in [3.05, 3.63) is 107 Å². The number of carbonyl (C=O) groups excluding carboxylic acids is 1. The highest BCUT2D eigenvalue weighted by Gasteiger charge is 2.49. The second-order valence-corrected chi connectivity index (χ2v) is 9.33. The van der Waals surface area contributed by atoms with E-state index in [1.165, 1.54) is 12.1 Å².